The Morgan fingerprint density at radius 3 is 2.42 bits per heavy atom. The molecule has 0 N–H and O–H groups in total. The molecule has 6 heteroatoms. The number of sulfonamides is 1. The van der Waals surface area contributed by atoms with E-state index >= 15 is 0 Å². The standard InChI is InChI=1S/C6H14ClNO3S/c1-3-8(4-5-11-2)12(9,10)6-7/h3-6H2,1-2H3. The quantitative estimate of drug-likeness (QED) is 0.606. The van der Waals surface area contributed by atoms with Gasteiger partial charge in [-0.1, -0.05) is 6.92 Å². The summed E-state index contributed by atoms with van der Waals surface area (Å²) in [6.07, 6.45) is 0. The summed E-state index contributed by atoms with van der Waals surface area (Å²) in [5, 5.41) is -0.370. The van der Waals surface area contributed by atoms with Gasteiger partial charge in [-0.15, -0.1) is 11.6 Å². The van der Waals surface area contributed by atoms with Crippen molar-refractivity contribution in [2.75, 3.05) is 32.0 Å². The van der Waals surface area contributed by atoms with Crippen LogP contribution in [-0.4, -0.2) is 44.7 Å². The number of likely N-dealkylation sites (N-methyl/N-ethyl adjacent to an activating group) is 1. The summed E-state index contributed by atoms with van der Waals surface area (Å²) in [7, 11) is -1.73. The van der Waals surface area contributed by atoms with E-state index in [2.05, 4.69) is 0 Å². The van der Waals surface area contributed by atoms with E-state index in [0.29, 0.717) is 19.7 Å². The van der Waals surface area contributed by atoms with Crippen molar-refractivity contribution in [3.63, 3.8) is 0 Å². The second-order valence-electron chi connectivity index (χ2n) is 2.21. The van der Waals surface area contributed by atoms with E-state index in [-0.39, 0.29) is 5.21 Å². The fraction of sp³-hybridized carbons (Fsp3) is 1.00. The largest absolute Gasteiger partial charge is 0.383 e. The first kappa shape index (κ1) is 12.2. The van der Waals surface area contributed by atoms with Crippen LogP contribution in [0, 0.1) is 0 Å². The summed E-state index contributed by atoms with van der Waals surface area (Å²) in [6.45, 7) is 2.95. The average Bonchev–Trinajstić information content (AvgIpc) is 2.05. The third-order valence-corrected chi connectivity index (χ3v) is 3.76. The Morgan fingerprint density at radius 1 is 1.50 bits per heavy atom. The van der Waals surface area contributed by atoms with Crippen LogP contribution in [0.1, 0.15) is 6.92 Å². The van der Waals surface area contributed by atoms with Gasteiger partial charge in [0.1, 0.15) is 5.21 Å². The zero-order chi connectivity index (χ0) is 9.61. The molecule has 0 aliphatic rings. The molecule has 74 valence electrons. The first-order valence-electron chi connectivity index (χ1n) is 3.61. The summed E-state index contributed by atoms with van der Waals surface area (Å²) in [5.41, 5.74) is 0. The summed E-state index contributed by atoms with van der Waals surface area (Å²) in [4.78, 5) is 0. The molecular formula is C6H14ClNO3S. The SMILES string of the molecule is CCN(CCOC)S(=O)(=O)CCl. The molecule has 0 saturated heterocycles. The van der Waals surface area contributed by atoms with Crippen LogP contribution in [0.4, 0.5) is 0 Å². The maximum Gasteiger partial charge on any atom is 0.228 e. The predicted molar refractivity (Wildman–Crippen MR) is 48.8 cm³/mol. The fourth-order valence-electron chi connectivity index (χ4n) is 0.756. The average molecular weight is 216 g/mol. The Bertz CT molecular complexity index is 205. The minimum atomic E-state index is -3.26. The van der Waals surface area contributed by atoms with Gasteiger partial charge in [0.25, 0.3) is 0 Å². The summed E-state index contributed by atoms with van der Waals surface area (Å²) >= 11 is 5.28. The zero-order valence-electron chi connectivity index (χ0n) is 7.29. The summed E-state index contributed by atoms with van der Waals surface area (Å²) in [5.74, 6) is 0. The first-order valence-corrected chi connectivity index (χ1v) is 5.75. The van der Waals surface area contributed by atoms with Gasteiger partial charge in [-0.3, -0.25) is 0 Å². The van der Waals surface area contributed by atoms with Crippen LogP contribution in [0.25, 0.3) is 0 Å². The number of nitrogens with zero attached hydrogens (tertiary/aromatic N) is 1. The van der Waals surface area contributed by atoms with Crippen molar-refractivity contribution in [3.8, 4) is 0 Å². The van der Waals surface area contributed by atoms with E-state index in [9.17, 15) is 8.42 Å². The van der Waals surface area contributed by atoms with Gasteiger partial charge >= 0.3 is 0 Å². The number of alkyl halides is 1. The van der Waals surface area contributed by atoms with Gasteiger partial charge < -0.3 is 4.74 Å². The van der Waals surface area contributed by atoms with E-state index < -0.39 is 10.0 Å². The van der Waals surface area contributed by atoms with Crippen molar-refractivity contribution in [2.45, 2.75) is 6.92 Å². The van der Waals surface area contributed by atoms with Crippen LogP contribution in [-0.2, 0) is 14.8 Å². The highest BCUT2D eigenvalue weighted by molar-refractivity contribution is 7.90. The maximum absolute atomic E-state index is 11.2. The van der Waals surface area contributed by atoms with E-state index in [1.165, 1.54) is 11.4 Å². The number of ether oxygens (including phenoxy) is 1. The second-order valence-corrected chi connectivity index (χ2v) is 4.76. The van der Waals surface area contributed by atoms with Crippen LogP contribution in [0.5, 0.6) is 0 Å². The highest BCUT2D eigenvalue weighted by Crippen LogP contribution is 2.02. The molecule has 0 radical (unpaired) electrons. The number of hydrogen-bond acceptors (Lipinski definition) is 3. The van der Waals surface area contributed by atoms with Crippen molar-refractivity contribution in [2.24, 2.45) is 0 Å². The lowest BCUT2D eigenvalue weighted by atomic mass is 10.6. The van der Waals surface area contributed by atoms with Crippen molar-refractivity contribution >= 4 is 21.6 Å². The lowest BCUT2D eigenvalue weighted by Gasteiger charge is -2.17. The fourth-order valence-corrected chi connectivity index (χ4v) is 2.05. The van der Waals surface area contributed by atoms with Gasteiger partial charge in [0.05, 0.1) is 6.61 Å². The smallest absolute Gasteiger partial charge is 0.228 e. The molecule has 0 aromatic carbocycles. The maximum atomic E-state index is 11.2. The molecule has 0 aromatic heterocycles. The molecule has 0 rings (SSSR count). The highest BCUT2D eigenvalue weighted by atomic mass is 35.5. The Kier molecular flexibility index (Phi) is 5.82. The topological polar surface area (TPSA) is 46.6 Å². The number of hydrogen-bond donors (Lipinski definition) is 0. The van der Waals surface area contributed by atoms with Crippen LogP contribution < -0.4 is 0 Å². The van der Waals surface area contributed by atoms with Gasteiger partial charge in [0.15, 0.2) is 0 Å². The van der Waals surface area contributed by atoms with Crippen molar-refractivity contribution < 1.29 is 13.2 Å². The Hall–Kier alpha value is 0.160. The van der Waals surface area contributed by atoms with Crippen molar-refractivity contribution in [1.82, 2.24) is 4.31 Å². The third kappa shape index (κ3) is 3.71. The van der Waals surface area contributed by atoms with Crippen LogP contribution in [0.2, 0.25) is 0 Å². The molecule has 0 aromatic rings. The van der Waals surface area contributed by atoms with Gasteiger partial charge in [-0.25, -0.2) is 8.42 Å². The van der Waals surface area contributed by atoms with Gasteiger partial charge in [0.2, 0.25) is 10.0 Å². The Balaban J connectivity index is 4.15. The van der Waals surface area contributed by atoms with Gasteiger partial charge in [0, 0.05) is 20.2 Å². The molecule has 0 saturated carbocycles. The molecule has 4 nitrogen and oxygen atoms in total. The molecular weight excluding hydrogens is 202 g/mol. The lowest BCUT2D eigenvalue weighted by molar-refractivity contribution is 0.180. The molecule has 0 fully saturated rings. The van der Waals surface area contributed by atoms with Gasteiger partial charge in [-0.2, -0.15) is 4.31 Å². The van der Waals surface area contributed by atoms with Crippen LogP contribution in [0.15, 0.2) is 0 Å². The molecule has 0 amide bonds. The van der Waals surface area contributed by atoms with Crippen molar-refractivity contribution in [1.29, 1.82) is 0 Å². The molecule has 0 unspecified atom stereocenters. The monoisotopic (exact) mass is 215 g/mol. The minimum Gasteiger partial charge on any atom is -0.383 e. The minimum absolute atomic E-state index is 0.363. The molecule has 0 bridgehead atoms. The predicted octanol–water partition coefficient (Wildman–Crippen LogP) is 0.481. The zero-order valence-corrected chi connectivity index (χ0v) is 8.86. The summed E-state index contributed by atoms with van der Waals surface area (Å²) < 4.78 is 28.4. The van der Waals surface area contributed by atoms with E-state index in [1.54, 1.807) is 6.92 Å². The molecule has 12 heavy (non-hydrogen) atoms. The normalized spacial score (nSPS) is 12.3. The van der Waals surface area contributed by atoms with Crippen LogP contribution >= 0.6 is 11.6 Å². The van der Waals surface area contributed by atoms with E-state index in [0.717, 1.165) is 0 Å². The van der Waals surface area contributed by atoms with Crippen LogP contribution in [0.3, 0.4) is 0 Å². The highest BCUT2D eigenvalue weighted by Gasteiger charge is 2.17. The number of halogens is 1. The first-order chi connectivity index (χ1) is 5.58. The molecule has 0 heterocycles. The van der Waals surface area contributed by atoms with E-state index in [1.807, 2.05) is 0 Å². The number of methoxy groups -OCH3 is 1. The molecule has 0 atom stereocenters. The second kappa shape index (κ2) is 5.75. The number of rotatable bonds is 6. The molecule has 0 aliphatic heterocycles. The lowest BCUT2D eigenvalue weighted by Crippen LogP contribution is -2.34. The summed E-state index contributed by atoms with van der Waals surface area (Å²) in [6, 6.07) is 0. The third-order valence-electron chi connectivity index (χ3n) is 1.43. The Morgan fingerprint density at radius 2 is 2.08 bits per heavy atom. The molecule has 0 spiro atoms. The molecule has 0 aliphatic carbocycles. The van der Waals surface area contributed by atoms with Gasteiger partial charge in [-0.05, 0) is 0 Å². The van der Waals surface area contributed by atoms with E-state index in [4.69, 9.17) is 16.3 Å². The Labute approximate surface area is 78.5 Å². The van der Waals surface area contributed by atoms with Crippen molar-refractivity contribution in [3.05, 3.63) is 0 Å².